The number of aliphatic imine (C=N–C) groups is 1. The van der Waals surface area contributed by atoms with Crippen LogP contribution in [0.3, 0.4) is 0 Å². The van der Waals surface area contributed by atoms with E-state index in [4.69, 9.17) is 4.74 Å². The van der Waals surface area contributed by atoms with Crippen LogP contribution in [-0.2, 0) is 13.0 Å². The summed E-state index contributed by atoms with van der Waals surface area (Å²) >= 11 is 1.90. The highest BCUT2D eigenvalue weighted by atomic mass is 32.1. The van der Waals surface area contributed by atoms with Crippen LogP contribution < -0.4 is 15.0 Å². The minimum atomic E-state index is 0.929. The second kappa shape index (κ2) is 9.50. The van der Waals surface area contributed by atoms with Crippen molar-refractivity contribution in [1.29, 1.82) is 0 Å². The molecule has 156 valence electrons. The molecule has 2 aliphatic heterocycles. The number of nitrogens with zero attached hydrogens (tertiary/aromatic N) is 4. The van der Waals surface area contributed by atoms with Crippen LogP contribution in [0.4, 0.5) is 5.69 Å². The monoisotopic (exact) mass is 413 g/mol. The highest BCUT2D eigenvalue weighted by Crippen LogP contribution is 2.28. The van der Waals surface area contributed by atoms with Gasteiger partial charge in [-0.25, -0.2) is 0 Å². The third-order valence-electron chi connectivity index (χ3n) is 5.81. The standard InChI is InChI=1S/C22H31N5OS/c1-23-22(24-9-11-25-10-7-21-18(17-25)8-16-29-21)27-14-12-26(13-15-27)19-5-3-4-6-20(19)28-2/h3-6,8,16H,7,9-15,17H2,1-2H3,(H,23,24). The van der Waals surface area contributed by atoms with Gasteiger partial charge < -0.3 is 19.9 Å². The molecular formula is C22H31N5OS. The first-order valence-corrected chi connectivity index (χ1v) is 11.3. The van der Waals surface area contributed by atoms with E-state index in [1.54, 1.807) is 12.0 Å². The molecule has 29 heavy (non-hydrogen) atoms. The quantitative estimate of drug-likeness (QED) is 0.603. The first kappa shape index (κ1) is 20.0. The predicted octanol–water partition coefficient (Wildman–Crippen LogP) is 2.51. The van der Waals surface area contributed by atoms with Gasteiger partial charge in [0.15, 0.2) is 5.96 Å². The molecule has 0 radical (unpaired) electrons. The van der Waals surface area contributed by atoms with Gasteiger partial charge in [0.05, 0.1) is 12.8 Å². The Labute approximate surface area is 177 Å². The van der Waals surface area contributed by atoms with E-state index in [2.05, 4.69) is 48.6 Å². The van der Waals surface area contributed by atoms with Crippen molar-refractivity contribution in [2.45, 2.75) is 13.0 Å². The molecule has 1 N–H and O–H groups in total. The summed E-state index contributed by atoms with van der Waals surface area (Å²) in [7, 11) is 3.62. The summed E-state index contributed by atoms with van der Waals surface area (Å²) in [5.41, 5.74) is 2.69. The highest BCUT2D eigenvalue weighted by Gasteiger charge is 2.22. The van der Waals surface area contributed by atoms with Gasteiger partial charge in [-0.1, -0.05) is 12.1 Å². The highest BCUT2D eigenvalue weighted by molar-refractivity contribution is 7.10. The van der Waals surface area contributed by atoms with Crippen LogP contribution in [0.15, 0.2) is 40.7 Å². The van der Waals surface area contributed by atoms with E-state index in [-0.39, 0.29) is 0 Å². The molecule has 4 rings (SSSR count). The van der Waals surface area contributed by atoms with Crippen molar-refractivity contribution in [2.24, 2.45) is 4.99 Å². The smallest absolute Gasteiger partial charge is 0.193 e. The molecule has 0 saturated carbocycles. The summed E-state index contributed by atoms with van der Waals surface area (Å²) in [6.45, 7) is 8.07. The molecule has 6 nitrogen and oxygen atoms in total. The van der Waals surface area contributed by atoms with E-state index in [9.17, 15) is 0 Å². The van der Waals surface area contributed by atoms with Crippen LogP contribution in [-0.4, -0.2) is 75.7 Å². The predicted molar refractivity (Wildman–Crippen MR) is 121 cm³/mol. The fraction of sp³-hybridized carbons (Fsp3) is 0.500. The van der Waals surface area contributed by atoms with Crippen LogP contribution in [0.25, 0.3) is 0 Å². The largest absolute Gasteiger partial charge is 0.495 e. The third kappa shape index (κ3) is 4.67. The fourth-order valence-electron chi connectivity index (χ4n) is 4.21. The van der Waals surface area contributed by atoms with Crippen molar-refractivity contribution in [3.8, 4) is 5.75 Å². The lowest BCUT2D eigenvalue weighted by Gasteiger charge is -2.38. The average Bonchev–Trinajstić information content (AvgIpc) is 3.25. The summed E-state index contributed by atoms with van der Waals surface area (Å²) in [6.07, 6.45) is 1.19. The Morgan fingerprint density at radius 3 is 2.76 bits per heavy atom. The molecular weight excluding hydrogens is 382 g/mol. The number of rotatable bonds is 5. The van der Waals surface area contributed by atoms with Crippen molar-refractivity contribution in [3.05, 3.63) is 46.2 Å². The Bertz CT molecular complexity index is 828. The number of nitrogens with one attached hydrogen (secondary N) is 1. The number of ether oxygens (including phenoxy) is 1. The van der Waals surface area contributed by atoms with Gasteiger partial charge in [0.2, 0.25) is 0 Å². The number of guanidine groups is 1. The zero-order chi connectivity index (χ0) is 20.1. The molecule has 0 unspecified atom stereocenters. The Hall–Kier alpha value is -2.25. The van der Waals surface area contributed by atoms with Gasteiger partial charge in [-0.15, -0.1) is 11.3 Å². The van der Waals surface area contributed by atoms with E-state index in [1.165, 1.54) is 17.7 Å². The van der Waals surface area contributed by atoms with Crippen LogP contribution in [0, 0.1) is 0 Å². The van der Waals surface area contributed by atoms with Gasteiger partial charge in [0, 0.05) is 64.3 Å². The molecule has 3 heterocycles. The molecule has 7 heteroatoms. The first-order chi connectivity index (χ1) is 14.3. The number of piperazine rings is 1. The second-order valence-electron chi connectivity index (χ2n) is 7.52. The minimum Gasteiger partial charge on any atom is -0.495 e. The lowest BCUT2D eigenvalue weighted by molar-refractivity contribution is 0.258. The van der Waals surface area contributed by atoms with Crippen molar-refractivity contribution in [2.75, 3.05) is 64.9 Å². The van der Waals surface area contributed by atoms with Crippen LogP contribution in [0.1, 0.15) is 10.4 Å². The second-order valence-corrected chi connectivity index (χ2v) is 8.52. The van der Waals surface area contributed by atoms with Crippen LogP contribution in [0.5, 0.6) is 5.75 Å². The number of fused-ring (bicyclic) bond motifs is 1. The Morgan fingerprint density at radius 2 is 1.97 bits per heavy atom. The number of thiophene rings is 1. The lowest BCUT2D eigenvalue weighted by Crippen LogP contribution is -2.53. The topological polar surface area (TPSA) is 43.3 Å². The van der Waals surface area contributed by atoms with Gasteiger partial charge in [-0.2, -0.15) is 0 Å². The van der Waals surface area contributed by atoms with E-state index in [1.807, 2.05) is 30.5 Å². The summed E-state index contributed by atoms with van der Waals surface area (Å²) in [5.74, 6) is 1.96. The molecule has 0 aliphatic carbocycles. The third-order valence-corrected chi connectivity index (χ3v) is 6.84. The normalized spacial score (nSPS) is 17.9. The summed E-state index contributed by atoms with van der Waals surface area (Å²) in [4.78, 5) is 13.4. The summed E-state index contributed by atoms with van der Waals surface area (Å²) in [6, 6.07) is 10.5. The fourth-order valence-corrected chi connectivity index (χ4v) is 5.10. The summed E-state index contributed by atoms with van der Waals surface area (Å²) in [5, 5.41) is 5.80. The Kier molecular flexibility index (Phi) is 6.56. The maximum Gasteiger partial charge on any atom is 0.193 e. The van der Waals surface area contributed by atoms with Crippen molar-refractivity contribution >= 4 is 23.0 Å². The zero-order valence-corrected chi connectivity index (χ0v) is 18.2. The molecule has 2 aromatic rings. The van der Waals surface area contributed by atoms with Crippen molar-refractivity contribution in [3.63, 3.8) is 0 Å². The molecule has 2 aliphatic rings. The number of methoxy groups -OCH3 is 1. The molecule has 1 saturated heterocycles. The molecule has 0 bridgehead atoms. The maximum atomic E-state index is 5.53. The number of anilines is 1. The molecule has 1 aromatic heterocycles. The first-order valence-electron chi connectivity index (χ1n) is 10.4. The van der Waals surface area contributed by atoms with E-state index >= 15 is 0 Å². The number of para-hydroxylation sites is 2. The average molecular weight is 414 g/mol. The minimum absolute atomic E-state index is 0.929. The van der Waals surface area contributed by atoms with Gasteiger partial charge in [-0.05, 0) is 35.6 Å². The van der Waals surface area contributed by atoms with Crippen LogP contribution >= 0.6 is 11.3 Å². The van der Waals surface area contributed by atoms with E-state index in [0.717, 1.165) is 64.1 Å². The number of hydrogen-bond donors (Lipinski definition) is 1. The van der Waals surface area contributed by atoms with E-state index in [0.29, 0.717) is 0 Å². The zero-order valence-electron chi connectivity index (χ0n) is 17.4. The SMILES string of the molecule is CN=C(NCCN1CCc2sccc2C1)N1CCN(c2ccccc2OC)CC1. The molecule has 1 aromatic carbocycles. The molecule has 0 spiro atoms. The molecule has 1 fully saturated rings. The molecule has 0 amide bonds. The Balaban J connectivity index is 1.24. The van der Waals surface area contributed by atoms with Gasteiger partial charge in [0.25, 0.3) is 0 Å². The number of benzene rings is 1. The van der Waals surface area contributed by atoms with Gasteiger partial charge >= 0.3 is 0 Å². The van der Waals surface area contributed by atoms with Gasteiger partial charge in [-0.3, -0.25) is 9.89 Å². The van der Waals surface area contributed by atoms with Gasteiger partial charge in [0.1, 0.15) is 5.75 Å². The summed E-state index contributed by atoms with van der Waals surface area (Å²) < 4.78 is 5.53. The lowest BCUT2D eigenvalue weighted by atomic mass is 10.1. The Morgan fingerprint density at radius 1 is 1.14 bits per heavy atom. The molecule has 0 atom stereocenters. The van der Waals surface area contributed by atoms with E-state index < -0.39 is 0 Å². The van der Waals surface area contributed by atoms with Crippen LogP contribution in [0.2, 0.25) is 0 Å². The van der Waals surface area contributed by atoms with Crippen molar-refractivity contribution < 1.29 is 4.74 Å². The maximum absolute atomic E-state index is 5.53. The number of hydrogen-bond acceptors (Lipinski definition) is 5. The van der Waals surface area contributed by atoms with Crippen molar-refractivity contribution in [1.82, 2.24) is 15.1 Å².